The molecule has 1 saturated heterocycles. The Bertz CT molecular complexity index is 365. The van der Waals surface area contributed by atoms with Crippen molar-refractivity contribution in [3.8, 4) is 5.75 Å². The third kappa shape index (κ3) is 2.47. The molecular weight excluding hydrogens is 200 g/mol. The van der Waals surface area contributed by atoms with Crippen LogP contribution in [0.3, 0.4) is 0 Å². The van der Waals surface area contributed by atoms with E-state index in [-0.39, 0.29) is 0 Å². The van der Waals surface area contributed by atoms with Crippen LogP contribution in [0.25, 0.3) is 0 Å². The Balaban J connectivity index is 2.01. The zero-order valence-electron chi connectivity index (χ0n) is 9.82. The lowest BCUT2D eigenvalue weighted by atomic mass is 10.1. The van der Waals surface area contributed by atoms with Crippen molar-refractivity contribution in [2.45, 2.75) is 26.3 Å². The Morgan fingerprint density at radius 3 is 3.00 bits per heavy atom. The minimum Gasteiger partial charge on any atom is -0.508 e. The highest BCUT2D eigenvalue weighted by Gasteiger charge is 2.21. The number of phenolic OH excluding ortho intramolecular Hbond substituents is 1. The van der Waals surface area contributed by atoms with Gasteiger partial charge in [-0.25, -0.2) is 0 Å². The smallest absolute Gasteiger partial charge is 0.120 e. The molecular formula is C13H20N2O. The Morgan fingerprint density at radius 2 is 2.31 bits per heavy atom. The molecule has 1 aliphatic rings. The maximum absolute atomic E-state index is 9.74. The van der Waals surface area contributed by atoms with E-state index >= 15 is 0 Å². The summed E-state index contributed by atoms with van der Waals surface area (Å²) in [6.07, 6.45) is 2.53. The zero-order valence-corrected chi connectivity index (χ0v) is 9.82. The maximum atomic E-state index is 9.74. The van der Waals surface area contributed by atoms with Gasteiger partial charge in [-0.1, -0.05) is 13.3 Å². The zero-order chi connectivity index (χ0) is 11.5. The highest BCUT2D eigenvalue weighted by Crippen LogP contribution is 2.25. The lowest BCUT2D eigenvalue weighted by Crippen LogP contribution is -2.20. The number of hydrogen-bond acceptors (Lipinski definition) is 3. The van der Waals surface area contributed by atoms with E-state index in [1.54, 1.807) is 12.1 Å². The van der Waals surface area contributed by atoms with Gasteiger partial charge >= 0.3 is 0 Å². The summed E-state index contributed by atoms with van der Waals surface area (Å²) in [5, 5.41) is 9.74. The molecule has 1 aromatic rings. The fraction of sp³-hybridized carbons (Fsp3) is 0.538. The second kappa shape index (κ2) is 4.74. The van der Waals surface area contributed by atoms with E-state index in [2.05, 4.69) is 11.8 Å². The van der Waals surface area contributed by atoms with Crippen LogP contribution in [-0.2, 0) is 6.54 Å². The quantitative estimate of drug-likeness (QED) is 0.606. The molecule has 1 atom stereocenters. The molecule has 1 unspecified atom stereocenters. The van der Waals surface area contributed by atoms with Crippen molar-refractivity contribution in [2.75, 3.05) is 18.8 Å². The van der Waals surface area contributed by atoms with E-state index < -0.39 is 0 Å². The fourth-order valence-electron chi connectivity index (χ4n) is 2.36. The first-order chi connectivity index (χ1) is 7.69. The molecule has 0 aromatic heterocycles. The molecule has 1 heterocycles. The van der Waals surface area contributed by atoms with Crippen LogP contribution in [0.2, 0.25) is 0 Å². The van der Waals surface area contributed by atoms with Crippen molar-refractivity contribution in [3.05, 3.63) is 23.8 Å². The van der Waals surface area contributed by atoms with Crippen LogP contribution < -0.4 is 5.73 Å². The minimum atomic E-state index is 0.356. The third-order valence-electron chi connectivity index (χ3n) is 3.44. The van der Waals surface area contributed by atoms with Gasteiger partial charge in [-0.3, -0.25) is 4.90 Å². The SMILES string of the molecule is CCC1CCN(Cc2cc(N)ccc2O)C1. The number of nitrogen functional groups attached to an aromatic ring is 1. The van der Waals surface area contributed by atoms with E-state index in [9.17, 15) is 5.11 Å². The van der Waals surface area contributed by atoms with Gasteiger partial charge in [-0.2, -0.15) is 0 Å². The number of nitrogens with two attached hydrogens (primary N) is 1. The van der Waals surface area contributed by atoms with Crippen LogP contribution in [-0.4, -0.2) is 23.1 Å². The molecule has 1 fully saturated rings. The first-order valence-corrected chi connectivity index (χ1v) is 5.98. The molecule has 88 valence electrons. The molecule has 3 nitrogen and oxygen atoms in total. The van der Waals surface area contributed by atoms with Gasteiger partial charge in [0.15, 0.2) is 0 Å². The average molecular weight is 220 g/mol. The number of hydrogen-bond donors (Lipinski definition) is 2. The van der Waals surface area contributed by atoms with Crippen LogP contribution >= 0.6 is 0 Å². The topological polar surface area (TPSA) is 49.5 Å². The molecule has 0 bridgehead atoms. The summed E-state index contributed by atoms with van der Waals surface area (Å²) in [4.78, 5) is 2.39. The molecule has 16 heavy (non-hydrogen) atoms. The average Bonchev–Trinajstić information content (AvgIpc) is 2.71. The predicted molar refractivity (Wildman–Crippen MR) is 66.2 cm³/mol. The van der Waals surface area contributed by atoms with Crippen molar-refractivity contribution in [2.24, 2.45) is 5.92 Å². The summed E-state index contributed by atoms with van der Waals surface area (Å²) in [5.74, 6) is 1.18. The Kier molecular flexibility index (Phi) is 3.34. The van der Waals surface area contributed by atoms with E-state index in [1.165, 1.54) is 12.8 Å². The van der Waals surface area contributed by atoms with Crippen molar-refractivity contribution in [1.29, 1.82) is 0 Å². The van der Waals surface area contributed by atoms with E-state index in [0.29, 0.717) is 5.75 Å². The number of nitrogens with zero attached hydrogens (tertiary/aromatic N) is 1. The molecule has 0 spiro atoms. The molecule has 3 heteroatoms. The lowest BCUT2D eigenvalue weighted by Gasteiger charge is -2.16. The van der Waals surface area contributed by atoms with Gasteiger partial charge in [0.2, 0.25) is 0 Å². The number of benzene rings is 1. The summed E-state index contributed by atoms with van der Waals surface area (Å²) < 4.78 is 0. The molecule has 0 amide bonds. The van der Waals surface area contributed by atoms with Crippen LogP contribution in [0.5, 0.6) is 5.75 Å². The van der Waals surface area contributed by atoms with Gasteiger partial charge in [-0.05, 0) is 37.1 Å². The Hall–Kier alpha value is -1.22. The van der Waals surface area contributed by atoms with Crippen molar-refractivity contribution < 1.29 is 5.11 Å². The molecule has 1 aromatic carbocycles. The van der Waals surface area contributed by atoms with Gasteiger partial charge in [0, 0.05) is 24.3 Å². The number of anilines is 1. The largest absolute Gasteiger partial charge is 0.508 e. The standard InChI is InChI=1S/C13H20N2O/c1-2-10-5-6-15(8-10)9-11-7-12(14)3-4-13(11)16/h3-4,7,10,16H,2,5-6,8-9,14H2,1H3. The molecule has 3 N–H and O–H groups in total. The predicted octanol–water partition coefficient (Wildman–Crippen LogP) is 2.21. The first kappa shape index (κ1) is 11.3. The van der Waals surface area contributed by atoms with E-state index in [1.807, 2.05) is 6.07 Å². The highest BCUT2D eigenvalue weighted by molar-refractivity contribution is 5.47. The van der Waals surface area contributed by atoms with Crippen LogP contribution in [0.4, 0.5) is 5.69 Å². The Morgan fingerprint density at radius 1 is 1.50 bits per heavy atom. The van der Waals surface area contributed by atoms with Gasteiger partial charge in [0.1, 0.15) is 5.75 Å². The summed E-state index contributed by atoms with van der Waals surface area (Å²) >= 11 is 0. The number of rotatable bonds is 3. The molecule has 2 rings (SSSR count). The first-order valence-electron chi connectivity index (χ1n) is 5.98. The molecule has 0 radical (unpaired) electrons. The van der Waals surface area contributed by atoms with E-state index in [4.69, 9.17) is 5.73 Å². The normalized spacial score (nSPS) is 21.4. The second-order valence-corrected chi connectivity index (χ2v) is 4.69. The van der Waals surface area contributed by atoms with Crippen molar-refractivity contribution in [3.63, 3.8) is 0 Å². The summed E-state index contributed by atoms with van der Waals surface area (Å²) in [6.45, 7) is 5.33. The van der Waals surface area contributed by atoms with Crippen LogP contribution in [0.15, 0.2) is 18.2 Å². The fourth-order valence-corrected chi connectivity index (χ4v) is 2.36. The number of phenols is 1. The number of likely N-dealkylation sites (tertiary alicyclic amines) is 1. The molecule has 0 saturated carbocycles. The van der Waals surface area contributed by atoms with E-state index in [0.717, 1.165) is 36.8 Å². The second-order valence-electron chi connectivity index (χ2n) is 4.69. The van der Waals surface area contributed by atoms with Gasteiger partial charge in [0.05, 0.1) is 0 Å². The van der Waals surface area contributed by atoms with Gasteiger partial charge in [-0.15, -0.1) is 0 Å². The third-order valence-corrected chi connectivity index (χ3v) is 3.44. The summed E-state index contributed by atoms with van der Waals surface area (Å²) in [7, 11) is 0. The number of aromatic hydroxyl groups is 1. The Labute approximate surface area is 96.9 Å². The van der Waals surface area contributed by atoms with Crippen LogP contribution in [0.1, 0.15) is 25.3 Å². The lowest BCUT2D eigenvalue weighted by molar-refractivity contribution is 0.309. The van der Waals surface area contributed by atoms with Crippen LogP contribution in [0, 0.1) is 5.92 Å². The van der Waals surface area contributed by atoms with Gasteiger partial charge in [0.25, 0.3) is 0 Å². The highest BCUT2D eigenvalue weighted by atomic mass is 16.3. The monoisotopic (exact) mass is 220 g/mol. The van der Waals surface area contributed by atoms with Crippen molar-refractivity contribution >= 4 is 5.69 Å². The maximum Gasteiger partial charge on any atom is 0.120 e. The molecule has 1 aliphatic heterocycles. The minimum absolute atomic E-state index is 0.356. The van der Waals surface area contributed by atoms with Crippen molar-refractivity contribution in [1.82, 2.24) is 4.90 Å². The summed E-state index contributed by atoms with van der Waals surface area (Å²) in [5.41, 5.74) is 7.39. The molecule has 0 aliphatic carbocycles. The van der Waals surface area contributed by atoms with Gasteiger partial charge < -0.3 is 10.8 Å². The summed E-state index contributed by atoms with van der Waals surface area (Å²) in [6, 6.07) is 5.28.